The van der Waals surface area contributed by atoms with Crippen LogP contribution in [0.2, 0.25) is 5.02 Å². The highest BCUT2D eigenvalue weighted by molar-refractivity contribution is 6.30. The number of halogens is 1. The molecule has 0 heterocycles. The summed E-state index contributed by atoms with van der Waals surface area (Å²) in [6.07, 6.45) is 1.58. The van der Waals surface area contributed by atoms with Gasteiger partial charge < -0.3 is 18.9 Å². The van der Waals surface area contributed by atoms with Gasteiger partial charge in [-0.2, -0.15) is 5.10 Å². The van der Waals surface area contributed by atoms with Crippen LogP contribution in [-0.4, -0.2) is 37.4 Å². The monoisotopic (exact) mass is 524 g/mol. The zero-order valence-corrected chi connectivity index (χ0v) is 21.7. The van der Waals surface area contributed by atoms with Crippen molar-refractivity contribution >= 4 is 29.7 Å². The first-order valence-electron chi connectivity index (χ1n) is 11.9. The van der Waals surface area contributed by atoms with E-state index in [1.807, 2.05) is 13.8 Å². The number of amides is 1. The third-order valence-electron chi connectivity index (χ3n) is 4.92. The molecule has 0 aliphatic carbocycles. The number of hydrazone groups is 1. The second-order valence-corrected chi connectivity index (χ2v) is 8.29. The van der Waals surface area contributed by atoms with Gasteiger partial charge in [0.1, 0.15) is 11.5 Å². The summed E-state index contributed by atoms with van der Waals surface area (Å²) in [6, 6.07) is 18.4. The predicted molar refractivity (Wildman–Crippen MR) is 142 cm³/mol. The van der Waals surface area contributed by atoms with Crippen molar-refractivity contribution in [2.24, 2.45) is 5.10 Å². The summed E-state index contributed by atoms with van der Waals surface area (Å²) < 4.78 is 22.3. The molecule has 0 spiro atoms. The smallest absolute Gasteiger partial charge is 0.343 e. The average molecular weight is 525 g/mol. The fourth-order valence-corrected chi connectivity index (χ4v) is 3.18. The van der Waals surface area contributed by atoms with Crippen LogP contribution in [0.1, 0.15) is 43.1 Å². The summed E-state index contributed by atoms with van der Waals surface area (Å²) in [5, 5.41) is 4.56. The maximum Gasteiger partial charge on any atom is 0.343 e. The molecule has 194 valence electrons. The van der Waals surface area contributed by atoms with Crippen LogP contribution < -0.4 is 24.4 Å². The summed E-state index contributed by atoms with van der Waals surface area (Å²) in [7, 11) is 0. The Morgan fingerprint density at radius 3 is 2.32 bits per heavy atom. The first kappa shape index (κ1) is 27.5. The van der Waals surface area contributed by atoms with E-state index in [-0.39, 0.29) is 5.75 Å². The molecule has 0 aliphatic rings. The maximum atomic E-state index is 12.6. The molecule has 8 nitrogen and oxygen atoms in total. The van der Waals surface area contributed by atoms with Gasteiger partial charge in [-0.05, 0) is 92.6 Å². The van der Waals surface area contributed by atoms with E-state index in [1.54, 1.807) is 73.7 Å². The lowest BCUT2D eigenvalue weighted by atomic mass is 10.2. The molecule has 3 aromatic rings. The predicted octanol–water partition coefficient (Wildman–Crippen LogP) is 5.66. The summed E-state index contributed by atoms with van der Waals surface area (Å²) in [5.74, 6) is 0.899. The van der Waals surface area contributed by atoms with Gasteiger partial charge in [-0.3, -0.25) is 4.79 Å². The van der Waals surface area contributed by atoms with E-state index in [2.05, 4.69) is 10.5 Å². The van der Waals surface area contributed by atoms with Crippen molar-refractivity contribution in [3.63, 3.8) is 0 Å². The second kappa shape index (κ2) is 13.9. The Balaban J connectivity index is 1.60. The molecule has 1 atom stereocenters. The number of carbonyl (C=O) groups is 2. The average Bonchev–Trinajstić information content (AvgIpc) is 2.90. The Morgan fingerprint density at radius 2 is 1.65 bits per heavy atom. The number of benzene rings is 3. The van der Waals surface area contributed by atoms with Crippen molar-refractivity contribution < 1.29 is 28.5 Å². The molecule has 9 heteroatoms. The first-order chi connectivity index (χ1) is 17.9. The molecule has 1 amide bonds. The van der Waals surface area contributed by atoms with Crippen molar-refractivity contribution in [3.05, 3.63) is 82.9 Å². The normalized spacial score (nSPS) is 11.6. The van der Waals surface area contributed by atoms with Gasteiger partial charge in [0.05, 0.1) is 25.0 Å². The second-order valence-electron chi connectivity index (χ2n) is 7.85. The van der Waals surface area contributed by atoms with Crippen LogP contribution in [0.15, 0.2) is 71.8 Å². The summed E-state index contributed by atoms with van der Waals surface area (Å²) in [6.45, 7) is 6.43. The van der Waals surface area contributed by atoms with E-state index >= 15 is 0 Å². The van der Waals surface area contributed by atoms with Gasteiger partial charge in [0, 0.05) is 5.02 Å². The number of carbonyl (C=O) groups excluding carboxylic acids is 2. The highest BCUT2D eigenvalue weighted by atomic mass is 35.5. The van der Waals surface area contributed by atoms with Gasteiger partial charge >= 0.3 is 5.97 Å². The number of ether oxygens (including phenoxy) is 4. The summed E-state index contributed by atoms with van der Waals surface area (Å²) in [4.78, 5) is 24.9. The summed E-state index contributed by atoms with van der Waals surface area (Å²) >= 11 is 5.86. The molecule has 0 fully saturated rings. The van der Waals surface area contributed by atoms with Crippen molar-refractivity contribution in [2.75, 3.05) is 13.2 Å². The largest absolute Gasteiger partial charge is 0.494 e. The van der Waals surface area contributed by atoms with Crippen molar-refractivity contribution in [1.29, 1.82) is 0 Å². The van der Waals surface area contributed by atoms with Crippen LogP contribution >= 0.6 is 11.6 Å². The maximum absolute atomic E-state index is 12.6. The molecular weight excluding hydrogens is 496 g/mol. The van der Waals surface area contributed by atoms with E-state index in [1.165, 1.54) is 6.21 Å². The number of nitrogens with zero attached hydrogens (tertiary/aromatic N) is 1. The third-order valence-corrected chi connectivity index (χ3v) is 5.17. The van der Waals surface area contributed by atoms with Crippen molar-refractivity contribution in [1.82, 2.24) is 5.43 Å². The standard InChI is InChI=1S/C28H29ClN2O6/c1-4-16-35-23-11-7-21(8-12-23)28(33)37-25-15-6-20(17-26(25)34-5-2)18-30-31-27(32)19(3)36-24-13-9-22(29)10-14-24/h6-15,17-19H,4-5,16H2,1-3H3,(H,31,32)/b30-18-/t19-/m0/s1. The Kier molecular flexibility index (Phi) is 10.3. The molecule has 0 radical (unpaired) electrons. The fourth-order valence-electron chi connectivity index (χ4n) is 3.06. The SMILES string of the molecule is CCCOc1ccc(C(=O)Oc2ccc(/C=N\NC(=O)[C@H](C)Oc3ccc(Cl)cc3)cc2OCC)cc1. The van der Waals surface area contributed by atoms with E-state index in [0.29, 0.717) is 46.6 Å². The van der Waals surface area contributed by atoms with Crippen molar-refractivity contribution in [2.45, 2.75) is 33.3 Å². The van der Waals surface area contributed by atoms with E-state index in [9.17, 15) is 9.59 Å². The van der Waals surface area contributed by atoms with Crippen LogP contribution in [0.3, 0.4) is 0 Å². The molecule has 0 saturated heterocycles. The first-order valence-corrected chi connectivity index (χ1v) is 12.2. The van der Waals surface area contributed by atoms with Gasteiger partial charge in [-0.1, -0.05) is 18.5 Å². The molecule has 0 unspecified atom stereocenters. The molecule has 1 N–H and O–H groups in total. The minimum atomic E-state index is -0.772. The van der Waals surface area contributed by atoms with Gasteiger partial charge in [-0.15, -0.1) is 0 Å². The van der Waals surface area contributed by atoms with Gasteiger partial charge in [0.15, 0.2) is 17.6 Å². The molecule has 37 heavy (non-hydrogen) atoms. The number of rotatable bonds is 12. The lowest BCUT2D eigenvalue weighted by Gasteiger charge is -2.13. The summed E-state index contributed by atoms with van der Waals surface area (Å²) in [5.41, 5.74) is 3.46. The minimum absolute atomic E-state index is 0.268. The van der Waals surface area contributed by atoms with Crippen LogP contribution in [0, 0.1) is 0 Å². The topological polar surface area (TPSA) is 95.5 Å². The zero-order chi connectivity index (χ0) is 26.6. The zero-order valence-electron chi connectivity index (χ0n) is 20.9. The van der Waals surface area contributed by atoms with Gasteiger partial charge in [-0.25, -0.2) is 10.2 Å². The molecular formula is C28H29ClN2O6. The Labute approximate surface area is 221 Å². The molecule has 3 aromatic carbocycles. The number of hydrogen-bond donors (Lipinski definition) is 1. The minimum Gasteiger partial charge on any atom is -0.494 e. The quantitative estimate of drug-likeness (QED) is 0.142. The van der Waals surface area contributed by atoms with Crippen LogP contribution in [-0.2, 0) is 4.79 Å². The lowest BCUT2D eigenvalue weighted by Crippen LogP contribution is -2.33. The van der Waals surface area contributed by atoms with Gasteiger partial charge in [0.25, 0.3) is 5.91 Å². The molecule has 3 rings (SSSR count). The van der Waals surface area contributed by atoms with Gasteiger partial charge in [0.2, 0.25) is 0 Å². The fraction of sp³-hybridized carbons (Fsp3) is 0.250. The Bertz CT molecular complexity index is 1210. The molecule has 0 aliphatic heterocycles. The highest BCUT2D eigenvalue weighted by Crippen LogP contribution is 2.29. The molecule has 0 bridgehead atoms. The third kappa shape index (κ3) is 8.54. The van der Waals surface area contributed by atoms with E-state index in [4.69, 9.17) is 30.5 Å². The lowest BCUT2D eigenvalue weighted by molar-refractivity contribution is -0.127. The Morgan fingerprint density at radius 1 is 0.946 bits per heavy atom. The number of nitrogens with one attached hydrogen (secondary N) is 1. The van der Waals surface area contributed by atoms with Crippen LogP contribution in [0.5, 0.6) is 23.0 Å². The molecule has 0 aromatic heterocycles. The van der Waals surface area contributed by atoms with Crippen LogP contribution in [0.4, 0.5) is 0 Å². The Hall–Kier alpha value is -4.04. The molecule has 0 saturated carbocycles. The van der Waals surface area contributed by atoms with Crippen molar-refractivity contribution in [3.8, 4) is 23.0 Å². The highest BCUT2D eigenvalue weighted by Gasteiger charge is 2.15. The van der Waals surface area contributed by atoms with E-state index in [0.717, 1.165) is 6.42 Å². The van der Waals surface area contributed by atoms with E-state index < -0.39 is 18.0 Å². The number of hydrogen-bond acceptors (Lipinski definition) is 7. The number of esters is 1. The van der Waals surface area contributed by atoms with Crippen LogP contribution in [0.25, 0.3) is 0 Å².